The summed E-state index contributed by atoms with van der Waals surface area (Å²) in [4.78, 5) is 0.470. The van der Waals surface area contributed by atoms with Crippen molar-refractivity contribution in [2.45, 2.75) is 10.4 Å². The molecule has 0 N–H and O–H groups in total. The fraction of sp³-hybridized carbons (Fsp3) is 0.200. The number of halogens is 3. The van der Waals surface area contributed by atoms with E-state index < -0.39 is 25.9 Å². The lowest BCUT2D eigenvalue weighted by atomic mass is 10.2. The maximum Gasteiger partial charge on any atom is 0.523 e. The first kappa shape index (κ1) is 13.4. The molecule has 1 unspecified atom stereocenters. The van der Waals surface area contributed by atoms with Gasteiger partial charge in [-0.2, -0.15) is 21.6 Å². The molecule has 1 aromatic carbocycles. The van der Waals surface area contributed by atoms with Crippen LogP contribution in [0.15, 0.2) is 34.6 Å². The van der Waals surface area contributed by atoms with Crippen LogP contribution in [0.2, 0.25) is 0 Å². The largest absolute Gasteiger partial charge is 0.523 e. The zero-order chi connectivity index (χ0) is 13.6. The number of alkyl halides is 3. The van der Waals surface area contributed by atoms with Crippen LogP contribution in [0.5, 0.6) is 0 Å². The van der Waals surface area contributed by atoms with E-state index in [2.05, 4.69) is 3.63 Å². The molecule has 18 heavy (non-hydrogen) atoms. The Morgan fingerprint density at radius 2 is 1.83 bits per heavy atom. The summed E-state index contributed by atoms with van der Waals surface area (Å²) in [6.07, 6.45) is 2.93. The summed E-state index contributed by atoms with van der Waals surface area (Å²) >= 11 is 0. The van der Waals surface area contributed by atoms with Crippen LogP contribution in [-0.4, -0.2) is 20.2 Å². The Morgan fingerprint density at radius 3 is 2.44 bits per heavy atom. The van der Waals surface area contributed by atoms with Crippen molar-refractivity contribution in [1.29, 1.82) is 0 Å². The third kappa shape index (κ3) is 2.15. The van der Waals surface area contributed by atoms with Crippen LogP contribution in [0.4, 0.5) is 13.2 Å². The van der Waals surface area contributed by atoms with Crippen LogP contribution < -0.4 is 0 Å². The van der Waals surface area contributed by atoms with Gasteiger partial charge in [-0.05, 0) is 29.4 Å². The monoisotopic (exact) mass is 298 g/mol. The summed E-state index contributed by atoms with van der Waals surface area (Å²) in [7, 11) is -8.19. The molecule has 8 heteroatoms. The van der Waals surface area contributed by atoms with Crippen LogP contribution in [0, 0.1) is 0 Å². The highest BCUT2D eigenvalue weighted by Crippen LogP contribution is 2.62. The molecule has 0 spiro atoms. The quantitative estimate of drug-likeness (QED) is 0.787. The normalized spacial score (nSPS) is 26.7. The van der Waals surface area contributed by atoms with E-state index in [9.17, 15) is 21.6 Å². The van der Waals surface area contributed by atoms with Crippen molar-refractivity contribution >= 4 is 26.5 Å². The number of hydrogen-bond donors (Lipinski definition) is 0. The van der Waals surface area contributed by atoms with Crippen molar-refractivity contribution in [2.75, 3.05) is 6.26 Å². The van der Waals surface area contributed by atoms with Crippen molar-refractivity contribution in [3.63, 3.8) is 0 Å². The highest BCUT2D eigenvalue weighted by atomic mass is 32.3. The average Bonchev–Trinajstić information content (AvgIpc) is 2.55. The van der Waals surface area contributed by atoms with Gasteiger partial charge in [0.2, 0.25) is 0 Å². The van der Waals surface area contributed by atoms with E-state index in [1.54, 1.807) is 30.3 Å². The van der Waals surface area contributed by atoms with Crippen molar-refractivity contribution in [1.82, 2.24) is 0 Å². The Labute approximate surface area is 104 Å². The minimum absolute atomic E-state index is 0.470. The topological polar surface area (TPSA) is 43.4 Å². The van der Waals surface area contributed by atoms with Crippen LogP contribution in [0.25, 0.3) is 6.08 Å². The summed E-state index contributed by atoms with van der Waals surface area (Å²) in [6.45, 7) is 0. The second-order valence-corrected chi connectivity index (χ2v) is 8.15. The van der Waals surface area contributed by atoms with Gasteiger partial charge >= 0.3 is 15.6 Å². The summed E-state index contributed by atoms with van der Waals surface area (Å²) in [6, 6.07) is 6.59. The molecule has 1 aliphatic heterocycles. The second-order valence-electron chi connectivity index (χ2n) is 3.71. The van der Waals surface area contributed by atoms with Crippen LogP contribution >= 0.6 is 10.3 Å². The Bertz CT molecular complexity index is 607. The molecule has 1 aliphatic rings. The molecule has 1 atom stereocenters. The third-order valence-electron chi connectivity index (χ3n) is 2.38. The molecule has 1 aromatic rings. The SMILES string of the molecule is CS1(OS(=O)(=O)C(F)(F)F)C=Cc2ccccc21. The van der Waals surface area contributed by atoms with E-state index in [4.69, 9.17) is 0 Å². The van der Waals surface area contributed by atoms with Gasteiger partial charge in [0.15, 0.2) is 0 Å². The number of rotatable bonds is 2. The summed E-state index contributed by atoms with van der Waals surface area (Å²) in [5.74, 6) is 0. The molecule has 0 saturated heterocycles. The Morgan fingerprint density at radius 1 is 1.22 bits per heavy atom. The number of hydrogen-bond acceptors (Lipinski definition) is 3. The van der Waals surface area contributed by atoms with Crippen LogP contribution in [0.1, 0.15) is 5.56 Å². The standard InChI is InChI=1S/C10H9F3O3S2/c1-17(16-18(14,15)10(11,12)13)7-6-8-4-2-3-5-9(8)17/h2-7H,1H3. The third-order valence-corrected chi connectivity index (χ3v) is 6.69. The summed E-state index contributed by atoms with van der Waals surface area (Å²) in [5, 5.41) is 1.38. The maximum absolute atomic E-state index is 12.3. The number of benzene rings is 1. The molecule has 2 rings (SSSR count). The van der Waals surface area contributed by atoms with E-state index in [1.807, 2.05) is 0 Å². The van der Waals surface area contributed by atoms with Crippen molar-refractivity contribution < 1.29 is 25.2 Å². The van der Waals surface area contributed by atoms with Crippen molar-refractivity contribution in [3.8, 4) is 0 Å². The molecule has 3 nitrogen and oxygen atoms in total. The van der Waals surface area contributed by atoms with Crippen LogP contribution in [-0.2, 0) is 13.7 Å². The van der Waals surface area contributed by atoms with Gasteiger partial charge in [-0.15, -0.1) is 0 Å². The van der Waals surface area contributed by atoms with Gasteiger partial charge in [0.05, 0.1) is 0 Å². The van der Waals surface area contributed by atoms with E-state index in [0.29, 0.717) is 10.5 Å². The lowest BCUT2D eigenvalue weighted by molar-refractivity contribution is -0.0495. The molecule has 0 bridgehead atoms. The summed E-state index contributed by atoms with van der Waals surface area (Å²) in [5.41, 5.74) is -4.73. The molecule has 0 saturated carbocycles. The zero-order valence-corrected chi connectivity index (χ0v) is 10.8. The minimum Gasteiger partial charge on any atom is -0.205 e. The average molecular weight is 298 g/mol. The fourth-order valence-corrected chi connectivity index (χ4v) is 5.33. The molecular formula is C10H9F3O3S2. The van der Waals surface area contributed by atoms with Crippen molar-refractivity contribution in [2.24, 2.45) is 0 Å². The molecule has 0 fully saturated rings. The first-order valence-corrected chi connectivity index (χ1v) is 8.17. The first-order chi connectivity index (χ1) is 8.16. The molecule has 0 radical (unpaired) electrons. The molecular weight excluding hydrogens is 289 g/mol. The Hall–Kier alpha value is -0.990. The molecule has 0 aromatic heterocycles. The van der Waals surface area contributed by atoms with E-state index >= 15 is 0 Å². The van der Waals surface area contributed by atoms with E-state index in [1.165, 1.54) is 11.7 Å². The van der Waals surface area contributed by atoms with Crippen molar-refractivity contribution in [3.05, 3.63) is 35.2 Å². The Kier molecular flexibility index (Phi) is 2.99. The predicted octanol–water partition coefficient (Wildman–Crippen LogP) is 3.25. The fourth-order valence-electron chi connectivity index (χ4n) is 1.55. The number of fused-ring (bicyclic) bond motifs is 1. The zero-order valence-electron chi connectivity index (χ0n) is 9.14. The Balaban J connectivity index is 2.41. The van der Waals surface area contributed by atoms with Gasteiger partial charge in [0, 0.05) is 4.90 Å². The lowest BCUT2D eigenvalue weighted by Crippen LogP contribution is -2.26. The van der Waals surface area contributed by atoms with Crippen LogP contribution in [0.3, 0.4) is 0 Å². The van der Waals surface area contributed by atoms with Gasteiger partial charge in [-0.25, -0.2) is 3.63 Å². The summed E-state index contributed by atoms with van der Waals surface area (Å²) < 4.78 is 63.5. The second kappa shape index (κ2) is 4.01. The predicted molar refractivity (Wildman–Crippen MR) is 63.3 cm³/mol. The molecule has 100 valence electrons. The minimum atomic E-state index is -5.60. The van der Waals surface area contributed by atoms with E-state index in [0.717, 1.165) is 0 Å². The lowest BCUT2D eigenvalue weighted by Gasteiger charge is -2.29. The van der Waals surface area contributed by atoms with Gasteiger partial charge in [-0.3, -0.25) is 0 Å². The molecule has 1 heterocycles. The highest BCUT2D eigenvalue weighted by molar-refractivity contribution is 8.35. The molecule has 0 amide bonds. The maximum atomic E-state index is 12.3. The van der Waals surface area contributed by atoms with E-state index in [-0.39, 0.29) is 0 Å². The smallest absolute Gasteiger partial charge is 0.205 e. The van der Waals surface area contributed by atoms with Gasteiger partial charge < -0.3 is 0 Å². The first-order valence-electron chi connectivity index (χ1n) is 4.74. The van der Waals surface area contributed by atoms with Gasteiger partial charge in [0.1, 0.15) is 0 Å². The van der Waals surface area contributed by atoms with Gasteiger partial charge in [0.25, 0.3) is 0 Å². The van der Waals surface area contributed by atoms with Gasteiger partial charge in [-0.1, -0.05) is 28.5 Å². The highest BCUT2D eigenvalue weighted by Gasteiger charge is 2.50. The molecule has 0 aliphatic carbocycles.